The summed E-state index contributed by atoms with van der Waals surface area (Å²) in [6.07, 6.45) is 2.35. The quantitative estimate of drug-likeness (QED) is 0.567. The summed E-state index contributed by atoms with van der Waals surface area (Å²) in [5, 5.41) is 2.86. The first-order valence-corrected chi connectivity index (χ1v) is 7.09. The molecule has 4 N–H and O–H groups in total. The molecule has 2 aliphatic rings. The van der Waals surface area contributed by atoms with E-state index < -0.39 is 11.6 Å². The summed E-state index contributed by atoms with van der Waals surface area (Å²) < 4.78 is 32.7. The molecule has 2 unspecified atom stereocenters. The van der Waals surface area contributed by atoms with Crippen LogP contribution in [0, 0.1) is 11.6 Å². The van der Waals surface area contributed by atoms with Gasteiger partial charge in [0.1, 0.15) is 0 Å². The number of nitrogens with two attached hydrogens (primary N) is 1. The van der Waals surface area contributed by atoms with Gasteiger partial charge in [0.05, 0.1) is 12.7 Å². The molecule has 21 heavy (non-hydrogen) atoms. The maximum Gasteiger partial charge on any atom is 0.178 e. The minimum Gasteiger partial charge on any atom is -0.373 e. The maximum absolute atomic E-state index is 13.7. The van der Waals surface area contributed by atoms with Gasteiger partial charge in [0.25, 0.3) is 0 Å². The molecule has 0 amide bonds. The van der Waals surface area contributed by atoms with Gasteiger partial charge < -0.3 is 15.5 Å². The fourth-order valence-corrected chi connectivity index (χ4v) is 2.91. The number of nitrogens with zero attached hydrogens (tertiary/aromatic N) is 2. The van der Waals surface area contributed by atoms with Crippen molar-refractivity contribution in [3.63, 3.8) is 0 Å². The summed E-state index contributed by atoms with van der Waals surface area (Å²) in [4.78, 5) is 6.17. The number of hydrogen-bond acceptors (Lipinski definition) is 6. The van der Waals surface area contributed by atoms with Crippen molar-refractivity contribution in [1.29, 1.82) is 0 Å². The van der Waals surface area contributed by atoms with Crippen molar-refractivity contribution in [2.24, 2.45) is 5.84 Å². The van der Waals surface area contributed by atoms with Crippen molar-refractivity contribution in [2.45, 2.75) is 25.0 Å². The highest BCUT2D eigenvalue weighted by molar-refractivity contribution is 5.46. The van der Waals surface area contributed by atoms with Gasteiger partial charge in [-0.1, -0.05) is 0 Å². The second-order valence-electron chi connectivity index (χ2n) is 5.42. The fourth-order valence-electron chi connectivity index (χ4n) is 2.91. The SMILES string of the molecule is NNc1nc(NCC2CN3CCCC3CO2)c(F)cc1F. The molecule has 2 fully saturated rings. The minimum absolute atomic E-state index is 0.0279. The number of halogens is 2. The zero-order valence-corrected chi connectivity index (χ0v) is 11.6. The Morgan fingerprint density at radius 3 is 3.00 bits per heavy atom. The molecule has 0 spiro atoms. The molecule has 1 aromatic rings. The van der Waals surface area contributed by atoms with Crippen LogP contribution in [-0.2, 0) is 4.74 Å². The van der Waals surface area contributed by atoms with E-state index >= 15 is 0 Å². The number of fused-ring (bicyclic) bond motifs is 1. The summed E-state index contributed by atoms with van der Waals surface area (Å²) in [6.45, 7) is 3.04. The van der Waals surface area contributed by atoms with Gasteiger partial charge in [0.15, 0.2) is 23.3 Å². The Balaban J connectivity index is 1.60. The molecule has 3 heterocycles. The van der Waals surface area contributed by atoms with E-state index in [0.29, 0.717) is 19.2 Å². The summed E-state index contributed by atoms with van der Waals surface area (Å²) in [5.74, 6) is 3.34. The van der Waals surface area contributed by atoms with Crippen LogP contribution < -0.4 is 16.6 Å². The van der Waals surface area contributed by atoms with Crippen LogP contribution in [-0.4, -0.2) is 48.3 Å². The van der Waals surface area contributed by atoms with Gasteiger partial charge in [0.2, 0.25) is 0 Å². The van der Waals surface area contributed by atoms with Gasteiger partial charge in [-0.15, -0.1) is 0 Å². The van der Waals surface area contributed by atoms with E-state index in [1.165, 1.54) is 12.8 Å². The Bertz CT molecular complexity index is 516. The summed E-state index contributed by atoms with van der Waals surface area (Å²) >= 11 is 0. The Labute approximate surface area is 121 Å². The smallest absolute Gasteiger partial charge is 0.178 e. The molecule has 0 bridgehead atoms. The van der Waals surface area contributed by atoms with E-state index in [-0.39, 0.29) is 17.7 Å². The first kappa shape index (κ1) is 14.4. The van der Waals surface area contributed by atoms with E-state index in [2.05, 4.69) is 20.6 Å². The Morgan fingerprint density at radius 1 is 1.38 bits per heavy atom. The van der Waals surface area contributed by atoms with Crippen LogP contribution in [0.4, 0.5) is 20.4 Å². The van der Waals surface area contributed by atoms with Crippen molar-refractivity contribution in [3.05, 3.63) is 17.7 Å². The Kier molecular flexibility index (Phi) is 4.18. The van der Waals surface area contributed by atoms with Crippen molar-refractivity contribution in [2.75, 3.05) is 37.0 Å². The number of pyridine rings is 1. The highest BCUT2D eigenvalue weighted by Crippen LogP contribution is 2.23. The van der Waals surface area contributed by atoms with Crippen molar-refractivity contribution < 1.29 is 13.5 Å². The zero-order valence-electron chi connectivity index (χ0n) is 11.6. The van der Waals surface area contributed by atoms with Gasteiger partial charge in [-0.3, -0.25) is 4.90 Å². The second-order valence-corrected chi connectivity index (χ2v) is 5.42. The molecule has 116 valence electrons. The number of anilines is 2. The van der Waals surface area contributed by atoms with Gasteiger partial charge >= 0.3 is 0 Å². The molecule has 1 aromatic heterocycles. The molecular formula is C13H19F2N5O. The lowest BCUT2D eigenvalue weighted by Crippen LogP contribution is -2.48. The molecule has 0 saturated carbocycles. The first-order chi connectivity index (χ1) is 10.2. The first-order valence-electron chi connectivity index (χ1n) is 7.09. The highest BCUT2D eigenvalue weighted by atomic mass is 19.1. The summed E-state index contributed by atoms with van der Waals surface area (Å²) in [6, 6.07) is 1.28. The molecule has 3 rings (SSSR count). The topological polar surface area (TPSA) is 75.4 Å². The average molecular weight is 299 g/mol. The number of morpholine rings is 1. The van der Waals surface area contributed by atoms with Crippen LogP contribution in [0.3, 0.4) is 0 Å². The van der Waals surface area contributed by atoms with Crippen molar-refractivity contribution in [3.8, 4) is 0 Å². The predicted octanol–water partition coefficient (Wildman–Crippen LogP) is 0.920. The summed E-state index contributed by atoms with van der Waals surface area (Å²) in [5.41, 5.74) is 2.10. The Hall–Kier alpha value is -1.51. The molecule has 0 aromatic carbocycles. The fraction of sp³-hybridized carbons (Fsp3) is 0.615. The average Bonchev–Trinajstić information content (AvgIpc) is 2.94. The van der Waals surface area contributed by atoms with Crippen LogP contribution in [0.1, 0.15) is 12.8 Å². The monoisotopic (exact) mass is 299 g/mol. The lowest BCUT2D eigenvalue weighted by molar-refractivity contribution is -0.0416. The number of nitrogens with one attached hydrogen (secondary N) is 2. The highest BCUT2D eigenvalue weighted by Gasteiger charge is 2.32. The number of ether oxygens (including phenoxy) is 1. The minimum atomic E-state index is -0.825. The third-order valence-corrected chi connectivity index (χ3v) is 4.02. The third kappa shape index (κ3) is 3.07. The van der Waals surface area contributed by atoms with Crippen LogP contribution in [0.2, 0.25) is 0 Å². The van der Waals surface area contributed by atoms with E-state index in [1.807, 2.05) is 0 Å². The normalized spacial score (nSPS) is 25.7. The lowest BCUT2D eigenvalue weighted by Gasteiger charge is -2.35. The summed E-state index contributed by atoms with van der Waals surface area (Å²) in [7, 11) is 0. The van der Waals surface area contributed by atoms with Gasteiger partial charge in [0, 0.05) is 25.2 Å². The maximum atomic E-state index is 13.7. The molecule has 0 radical (unpaired) electrons. The van der Waals surface area contributed by atoms with Crippen LogP contribution in [0.5, 0.6) is 0 Å². The van der Waals surface area contributed by atoms with Crippen LogP contribution in [0.15, 0.2) is 6.07 Å². The third-order valence-electron chi connectivity index (χ3n) is 4.02. The standard InChI is InChI=1S/C13H19F2N5O/c14-10-4-11(15)13(19-16)18-12(10)17-5-9-6-20-3-1-2-8(20)7-21-9/h4,8-9H,1-3,5-7,16H2,(H2,17,18,19). The van der Waals surface area contributed by atoms with E-state index in [4.69, 9.17) is 10.6 Å². The van der Waals surface area contributed by atoms with Crippen LogP contribution >= 0.6 is 0 Å². The zero-order chi connectivity index (χ0) is 14.8. The van der Waals surface area contributed by atoms with E-state index in [9.17, 15) is 8.78 Å². The lowest BCUT2D eigenvalue weighted by atomic mass is 10.2. The number of hydrogen-bond donors (Lipinski definition) is 3. The van der Waals surface area contributed by atoms with Crippen molar-refractivity contribution >= 4 is 11.6 Å². The molecule has 2 aliphatic heterocycles. The molecule has 6 nitrogen and oxygen atoms in total. The number of nitrogen functional groups attached to an aromatic ring is 1. The second kappa shape index (κ2) is 6.08. The molecular weight excluding hydrogens is 280 g/mol. The largest absolute Gasteiger partial charge is 0.373 e. The molecule has 2 atom stereocenters. The van der Waals surface area contributed by atoms with Crippen molar-refractivity contribution in [1.82, 2.24) is 9.88 Å². The van der Waals surface area contributed by atoms with E-state index in [0.717, 1.165) is 19.2 Å². The number of aromatic nitrogens is 1. The van der Waals surface area contributed by atoms with Gasteiger partial charge in [-0.05, 0) is 19.4 Å². The number of hydrazine groups is 1. The molecule has 2 saturated heterocycles. The van der Waals surface area contributed by atoms with Crippen LogP contribution in [0.25, 0.3) is 0 Å². The number of rotatable bonds is 4. The Morgan fingerprint density at radius 2 is 2.19 bits per heavy atom. The van der Waals surface area contributed by atoms with Gasteiger partial charge in [-0.2, -0.15) is 0 Å². The molecule has 8 heteroatoms. The molecule has 0 aliphatic carbocycles. The van der Waals surface area contributed by atoms with E-state index in [1.54, 1.807) is 0 Å². The van der Waals surface area contributed by atoms with Gasteiger partial charge in [-0.25, -0.2) is 19.6 Å². The predicted molar refractivity (Wildman–Crippen MR) is 74.8 cm³/mol.